The minimum absolute atomic E-state index is 0.442. The van der Waals surface area contributed by atoms with Gasteiger partial charge < -0.3 is 0 Å². The molecule has 0 fully saturated rings. The lowest BCUT2D eigenvalue weighted by molar-refractivity contribution is 1.06. The van der Waals surface area contributed by atoms with E-state index >= 15 is 0 Å². The van der Waals surface area contributed by atoms with Gasteiger partial charge in [-0.2, -0.15) is 0 Å². The highest BCUT2D eigenvalue weighted by atomic mass is 79.9. The minimum atomic E-state index is 0.442. The van der Waals surface area contributed by atoms with Gasteiger partial charge in [0, 0.05) is 15.2 Å². The monoisotopic (exact) mass is 324 g/mol. The van der Waals surface area contributed by atoms with Crippen molar-refractivity contribution < 1.29 is 0 Å². The minimum Gasteiger partial charge on any atom is -0.147 e. The molecule has 5 heteroatoms. The number of benzene rings is 1. The smallest absolute Gasteiger partial charge is 0.147 e. The number of fused-ring (bicyclic) bond motifs is 1. The summed E-state index contributed by atoms with van der Waals surface area (Å²) in [5, 5.41) is 12.6. The molecule has 0 bridgehead atoms. The quantitative estimate of drug-likeness (QED) is 0.644. The lowest BCUT2D eigenvalue weighted by Crippen LogP contribution is -1.90. The van der Waals surface area contributed by atoms with Gasteiger partial charge in [-0.1, -0.05) is 35.9 Å². The van der Waals surface area contributed by atoms with Crippen molar-refractivity contribution in [1.29, 1.82) is 0 Å². The number of nitrogens with zero attached hydrogens (tertiary/aromatic N) is 2. The maximum Gasteiger partial charge on any atom is 0.159 e. The Balaban J connectivity index is 2.39. The van der Waals surface area contributed by atoms with Crippen LogP contribution < -0.4 is 0 Å². The molecule has 0 saturated heterocycles. The first-order chi connectivity index (χ1) is 8.27. The molecule has 0 spiro atoms. The van der Waals surface area contributed by atoms with Crippen LogP contribution in [0.1, 0.15) is 0 Å². The first-order valence-corrected chi connectivity index (χ1v) is 6.96. The molecular formula is C12H6BrClN2S. The van der Waals surface area contributed by atoms with Crippen molar-refractivity contribution in [1.82, 2.24) is 10.2 Å². The molecule has 0 aliphatic carbocycles. The summed E-state index contributed by atoms with van der Waals surface area (Å²) in [5.41, 5.74) is 0.867. The molecule has 0 amide bonds. The lowest BCUT2D eigenvalue weighted by atomic mass is 10.1. The fraction of sp³-hybridized carbons (Fsp3) is 0. The third kappa shape index (κ3) is 1.86. The van der Waals surface area contributed by atoms with Crippen LogP contribution in [0.4, 0.5) is 0 Å². The fourth-order valence-electron chi connectivity index (χ4n) is 1.70. The van der Waals surface area contributed by atoms with E-state index in [1.807, 2.05) is 35.7 Å². The van der Waals surface area contributed by atoms with E-state index in [9.17, 15) is 0 Å². The van der Waals surface area contributed by atoms with E-state index in [4.69, 9.17) is 11.6 Å². The number of halogens is 2. The van der Waals surface area contributed by atoms with Crippen molar-refractivity contribution in [2.75, 3.05) is 0 Å². The van der Waals surface area contributed by atoms with Gasteiger partial charge in [-0.15, -0.1) is 21.5 Å². The number of hydrogen-bond donors (Lipinski definition) is 0. The maximum absolute atomic E-state index is 6.05. The topological polar surface area (TPSA) is 25.8 Å². The molecule has 1 aromatic carbocycles. The molecular weight excluding hydrogens is 320 g/mol. The van der Waals surface area contributed by atoms with E-state index in [0.717, 1.165) is 25.8 Å². The molecule has 0 unspecified atom stereocenters. The molecule has 0 saturated carbocycles. The Morgan fingerprint density at radius 2 is 1.82 bits per heavy atom. The Bertz CT molecular complexity index is 696. The zero-order chi connectivity index (χ0) is 11.8. The summed E-state index contributed by atoms with van der Waals surface area (Å²) in [6.45, 7) is 0. The third-order valence-electron chi connectivity index (χ3n) is 2.47. The van der Waals surface area contributed by atoms with Crippen LogP contribution in [0.25, 0.3) is 21.3 Å². The predicted octanol–water partition coefficient (Wildman–Crippen LogP) is 4.77. The molecule has 84 valence electrons. The highest BCUT2D eigenvalue weighted by molar-refractivity contribution is 9.10. The first-order valence-electron chi connectivity index (χ1n) is 4.91. The van der Waals surface area contributed by atoms with E-state index < -0.39 is 0 Å². The highest BCUT2D eigenvalue weighted by Crippen LogP contribution is 2.36. The summed E-state index contributed by atoms with van der Waals surface area (Å²) in [6, 6.07) is 9.90. The number of aromatic nitrogens is 2. The van der Waals surface area contributed by atoms with Gasteiger partial charge in [0.15, 0.2) is 5.15 Å². The summed E-state index contributed by atoms with van der Waals surface area (Å²) >= 11 is 11.2. The highest BCUT2D eigenvalue weighted by Gasteiger charge is 2.12. The van der Waals surface area contributed by atoms with Gasteiger partial charge in [-0.3, -0.25) is 0 Å². The van der Waals surface area contributed by atoms with Crippen LogP contribution in [0.5, 0.6) is 0 Å². The van der Waals surface area contributed by atoms with E-state index in [1.165, 1.54) is 0 Å². The SMILES string of the molecule is Clc1nnc(-c2sccc2Br)c2ccccc12. The van der Waals surface area contributed by atoms with Crippen LogP contribution in [0, 0.1) is 0 Å². The summed E-state index contributed by atoms with van der Waals surface area (Å²) in [6.07, 6.45) is 0. The van der Waals surface area contributed by atoms with E-state index in [-0.39, 0.29) is 0 Å². The van der Waals surface area contributed by atoms with Gasteiger partial charge in [-0.25, -0.2) is 0 Å². The number of thiophene rings is 1. The van der Waals surface area contributed by atoms with Crippen molar-refractivity contribution >= 4 is 49.6 Å². The molecule has 3 aromatic rings. The molecule has 2 nitrogen and oxygen atoms in total. The Labute approximate surface area is 115 Å². The Hall–Kier alpha value is -0.970. The molecule has 3 rings (SSSR count). The van der Waals surface area contributed by atoms with Crippen molar-refractivity contribution in [3.8, 4) is 10.6 Å². The molecule has 0 radical (unpaired) electrons. The van der Waals surface area contributed by atoms with Crippen LogP contribution >= 0.6 is 38.9 Å². The second-order valence-corrected chi connectivity index (χ2v) is 5.61. The second kappa shape index (κ2) is 4.37. The van der Waals surface area contributed by atoms with E-state index in [0.29, 0.717) is 5.15 Å². The van der Waals surface area contributed by atoms with Crippen molar-refractivity contribution in [3.05, 3.63) is 45.3 Å². The van der Waals surface area contributed by atoms with E-state index in [1.54, 1.807) is 11.3 Å². The average Bonchev–Trinajstić information content (AvgIpc) is 2.77. The Kier molecular flexibility index (Phi) is 2.86. The van der Waals surface area contributed by atoms with Gasteiger partial charge in [0.25, 0.3) is 0 Å². The standard InChI is InChI=1S/C12H6BrClN2S/c13-9-5-6-17-11(9)10-7-3-1-2-4-8(7)12(14)16-15-10/h1-6H. The molecule has 0 N–H and O–H groups in total. The van der Waals surface area contributed by atoms with Crippen LogP contribution in [0.3, 0.4) is 0 Å². The van der Waals surface area contributed by atoms with Gasteiger partial charge in [0.05, 0.1) is 4.88 Å². The van der Waals surface area contributed by atoms with Crippen molar-refractivity contribution in [2.45, 2.75) is 0 Å². The zero-order valence-corrected chi connectivity index (χ0v) is 11.7. The summed E-state index contributed by atoms with van der Waals surface area (Å²) < 4.78 is 1.03. The predicted molar refractivity (Wildman–Crippen MR) is 75.6 cm³/mol. The zero-order valence-electron chi connectivity index (χ0n) is 8.52. The van der Waals surface area contributed by atoms with Crippen molar-refractivity contribution in [3.63, 3.8) is 0 Å². The molecule has 0 aliphatic rings. The molecule has 2 aromatic heterocycles. The van der Waals surface area contributed by atoms with Crippen LogP contribution in [-0.2, 0) is 0 Å². The van der Waals surface area contributed by atoms with Gasteiger partial charge in [0.1, 0.15) is 5.69 Å². The first kappa shape index (κ1) is 11.1. The molecule has 0 aliphatic heterocycles. The Morgan fingerprint density at radius 3 is 2.53 bits per heavy atom. The summed E-state index contributed by atoms with van der Waals surface area (Å²) in [4.78, 5) is 1.07. The van der Waals surface area contributed by atoms with Crippen LogP contribution in [0.15, 0.2) is 40.2 Å². The average molecular weight is 326 g/mol. The van der Waals surface area contributed by atoms with E-state index in [2.05, 4.69) is 26.1 Å². The molecule has 2 heterocycles. The van der Waals surface area contributed by atoms with Gasteiger partial charge in [-0.05, 0) is 27.4 Å². The maximum atomic E-state index is 6.05. The summed E-state index contributed by atoms with van der Waals surface area (Å²) in [5.74, 6) is 0. The van der Waals surface area contributed by atoms with Gasteiger partial charge >= 0.3 is 0 Å². The lowest BCUT2D eigenvalue weighted by Gasteiger charge is -2.04. The molecule has 17 heavy (non-hydrogen) atoms. The largest absolute Gasteiger partial charge is 0.159 e. The number of rotatable bonds is 1. The third-order valence-corrected chi connectivity index (χ3v) is 4.60. The Morgan fingerprint density at radius 1 is 1.06 bits per heavy atom. The summed E-state index contributed by atoms with van der Waals surface area (Å²) in [7, 11) is 0. The van der Waals surface area contributed by atoms with Crippen LogP contribution in [-0.4, -0.2) is 10.2 Å². The number of hydrogen-bond acceptors (Lipinski definition) is 3. The second-order valence-electron chi connectivity index (χ2n) is 3.48. The molecule has 0 atom stereocenters. The fourth-order valence-corrected chi connectivity index (χ4v) is 3.46. The van der Waals surface area contributed by atoms with Gasteiger partial charge in [0.2, 0.25) is 0 Å². The van der Waals surface area contributed by atoms with Crippen molar-refractivity contribution in [2.24, 2.45) is 0 Å². The normalized spacial score (nSPS) is 10.9. The van der Waals surface area contributed by atoms with Crippen LogP contribution in [0.2, 0.25) is 5.15 Å².